The number of nitrogens with two attached hydrogens (primary N) is 1. The molecule has 3 N–H and O–H groups in total. The van der Waals surface area contributed by atoms with Gasteiger partial charge in [0.15, 0.2) is 0 Å². The van der Waals surface area contributed by atoms with Crippen molar-refractivity contribution in [2.45, 2.75) is 12.7 Å². The van der Waals surface area contributed by atoms with Crippen LogP contribution in [0.25, 0.3) is 0 Å². The van der Waals surface area contributed by atoms with Crippen molar-refractivity contribution in [3.05, 3.63) is 28.2 Å². The highest BCUT2D eigenvalue weighted by Crippen LogP contribution is 2.20. The summed E-state index contributed by atoms with van der Waals surface area (Å²) in [6.07, 6.45) is -4.19. The van der Waals surface area contributed by atoms with Crippen molar-refractivity contribution in [2.24, 2.45) is 0 Å². The molecule has 1 aromatic rings. The van der Waals surface area contributed by atoms with Gasteiger partial charge in [-0.05, 0) is 23.8 Å². The lowest BCUT2D eigenvalue weighted by Gasteiger charge is -2.09. The summed E-state index contributed by atoms with van der Waals surface area (Å²) in [5.41, 5.74) is 6.75. The smallest absolute Gasteiger partial charge is 0.399 e. The Bertz CT molecular complexity index is 339. The van der Waals surface area contributed by atoms with Gasteiger partial charge < -0.3 is 11.1 Å². The predicted octanol–water partition coefficient (Wildman–Crippen LogP) is 2.68. The van der Waals surface area contributed by atoms with E-state index in [9.17, 15) is 13.2 Å². The largest absolute Gasteiger partial charge is 0.401 e. The molecule has 1 aromatic carbocycles. The van der Waals surface area contributed by atoms with E-state index in [1.54, 1.807) is 18.2 Å². The maximum Gasteiger partial charge on any atom is 0.401 e. The van der Waals surface area contributed by atoms with Crippen molar-refractivity contribution in [1.82, 2.24) is 5.32 Å². The van der Waals surface area contributed by atoms with Crippen LogP contribution in [-0.2, 0) is 6.54 Å². The predicted molar refractivity (Wildman–Crippen MR) is 56.3 cm³/mol. The Hall–Kier alpha value is -0.750. The van der Waals surface area contributed by atoms with Gasteiger partial charge in [-0.15, -0.1) is 0 Å². The summed E-state index contributed by atoms with van der Waals surface area (Å²) in [5, 5.41) is 2.30. The maximum atomic E-state index is 11.8. The molecule has 0 fully saturated rings. The molecule has 0 atom stereocenters. The molecule has 0 saturated heterocycles. The van der Waals surface area contributed by atoms with Gasteiger partial charge in [0.2, 0.25) is 0 Å². The molecule has 0 aliphatic heterocycles. The number of halogens is 4. The molecule has 0 amide bonds. The summed E-state index contributed by atoms with van der Waals surface area (Å²) in [5.74, 6) is 0. The molecule has 2 nitrogen and oxygen atoms in total. The Morgan fingerprint density at radius 1 is 1.33 bits per heavy atom. The van der Waals surface area contributed by atoms with Gasteiger partial charge in [-0.1, -0.05) is 15.9 Å². The Kier molecular flexibility index (Phi) is 3.98. The average Bonchev–Trinajstić information content (AvgIpc) is 2.09. The van der Waals surface area contributed by atoms with E-state index in [-0.39, 0.29) is 6.54 Å². The minimum atomic E-state index is -4.19. The minimum Gasteiger partial charge on any atom is -0.399 e. The lowest BCUT2D eigenvalue weighted by atomic mass is 10.2. The van der Waals surface area contributed by atoms with Crippen LogP contribution < -0.4 is 11.1 Å². The van der Waals surface area contributed by atoms with Crippen LogP contribution in [0.5, 0.6) is 0 Å². The highest BCUT2D eigenvalue weighted by molar-refractivity contribution is 9.10. The topological polar surface area (TPSA) is 38.0 Å². The molecule has 0 radical (unpaired) electrons. The number of hydrogen-bond acceptors (Lipinski definition) is 2. The standard InChI is InChI=1S/C9H10BrF3N2/c10-8-2-1-7(14)3-6(8)4-15-5-9(11,12)13/h1-3,15H,4-5,14H2. The molecular formula is C9H10BrF3N2. The van der Waals surface area contributed by atoms with E-state index in [2.05, 4.69) is 21.2 Å². The number of nitrogen functional groups attached to an aromatic ring is 1. The van der Waals surface area contributed by atoms with Crippen LogP contribution in [0.3, 0.4) is 0 Å². The van der Waals surface area contributed by atoms with Crippen molar-refractivity contribution in [1.29, 1.82) is 0 Å². The number of nitrogens with one attached hydrogen (secondary N) is 1. The number of hydrogen-bond donors (Lipinski definition) is 2. The van der Waals surface area contributed by atoms with Crippen LogP contribution in [0.15, 0.2) is 22.7 Å². The number of anilines is 1. The summed E-state index contributed by atoms with van der Waals surface area (Å²) >= 11 is 3.23. The third-order valence-electron chi connectivity index (χ3n) is 1.71. The van der Waals surface area contributed by atoms with Crippen LogP contribution in [0.4, 0.5) is 18.9 Å². The fraction of sp³-hybridized carbons (Fsp3) is 0.333. The van der Waals surface area contributed by atoms with E-state index >= 15 is 0 Å². The number of alkyl halides is 3. The van der Waals surface area contributed by atoms with E-state index in [1.807, 2.05) is 0 Å². The molecule has 84 valence electrons. The van der Waals surface area contributed by atoms with Crippen LogP contribution in [0.2, 0.25) is 0 Å². The van der Waals surface area contributed by atoms with Gasteiger partial charge in [-0.3, -0.25) is 0 Å². The Balaban J connectivity index is 2.54. The molecule has 0 aliphatic rings. The molecule has 0 bridgehead atoms. The summed E-state index contributed by atoms with van der Waals surface area (Å²) in [6.45, 7) is -0.876. The summed E-state index contributed by atoms with van der Waals surface area (Å²) in [6, 6.07) is 5.02. The molecule has 6 heteroatoms. The van der Waals surface area contributed by atoms with Crippen LogP contribution >= 0.6 is 15.9 Å². The van der Waals surface area contributed by atoms with Crippen molar-refractivity contribution < 1.29 is 13.2 Å². The fourth-order valence-corrected chi connectivity index (χ4v) is 1.46. The zero-order chi connectivity index (χ0) is 11.5. The van der Waals surface area contributed by atoms with E-state index in [4.69, 9.17) is 5.73 Å². The highest BCUT2D eigenvalue weighted by atomic mass is 79.9. The second-order valence-corrected chi connectivity index (χ2v) is 3.92. The Morgan fingerprint density at radius 3 is 2.60 bits per heavy atom. The first-order valence-electron chi connectivity index (χ1n) is 4.20. The van der Waals surface area contributed by atoms with Crippen molar-refractivity contribution >= 4 is 21.6 Å². The molecule has 0 heterocycles. The third-order valence-corrected chi connectivity index (χ3v) is 2.48. The molecule has 0 aliphatic carbocycles. The first-order chi connectivity index (χ1) is 6.88. The second-order valence-electron chi connectivity index (χ2n) is 3.07. The summed E-state index contributed by atoms with van der Waals surface area (Å²) in [4.78, 5) is 0. The van der Waals surface area contributed by atoms with Gasteiger partial charge in [0.05, 0.1) is 6.54 Å². The fourth-order valence-electron chi connectivity index (χ4n) is 1.07. The lowest BCUT2D eigenvalue weighted by molar-refractivity contribution is -0.125. The molecule has 1 rings (SSSR count). The van der Waals surface area contributed by atoms with E-state index in [1.165, 1.54) is 0 Å². The van der Waals surface area contributed by atoms with E-state index < -0.39 is 12.7 Å². The lowest BCUT2D eigenvalue weighted by Crippen LogP contribution is -2.28. The maximum absolute atomic E-state index is 11.8. The monoisotopic (exact) mass is 282 g/mol. The second kappa shape index (κ2) is 4.85. The van der Waals surface area contributed by atoms with Gasteiger partial charge in [-0.25, -0.2) is 0 Å². The van der Waals surface area contributed by atoms with Crippen molar-refractivity contribution in [3.63, 3.8) is 0 Å². The number of benzene rings is 1. The van der Waals surface area contributed by atoms with E-state index in [0.717, 1.165) is 4.47 Å². The normalized spacial score (nSPS) is 11.7. The Morgan fingerprint density at radius 2 is 2.00 bits per heavy atom. The summed E-state index contributed by atoms with van der Waals surface area (Å²) in [7, 11) is 0. The average molecular weight is 283 g/mol. The zero-order valence-corrected chi connectivity index (χ0v) is 9.32. The first-order valence-corrected chi connectivity index (χ1v) is 4.99. The minimum absolute atomic E-state index is 0.130. The molecule has 0 aromatic heterocycles. The van der Waals surface area contributed by atoms with Gasteiger partial charge in [-0.2, -0.15) is 13.2 Å². The van der Waals surface area contributed by atoms with Crippen molar-refractivity contribution in [2.75, 3.05) is 12.3 Å². The van der Waals surface area contributed by atoms with Crippen LogP contribution in [0.1, 0.15) is 5.56 Å². The molecule has 15 heavy (non-hydrogen) atoms. The molecule has 0 saturated carbocycles. The van der Waals surface area contributed by atoms with Gasteiger partial charge in [0.25, 0.3) is 0 Å². The summed E-state index contributed by atoms with van der Waals surface area (Å²) < 4.78 is 36.3. The number of rotatable bonds is 3. The van der Waals surface area contributed by atoms with Crippen LogP contribution in [-0.4, -0.2) is 12.7 Å². The first kappa shape index (κ1) is 12.3. The molecule has 0 unspecified atom stereocenters. The van der Waals surface area contributed by atoms with Crippen molar-refractivity contribution in [3.8, 4) is 0 Å². The third kappa shape index (κ3) is 4.53. The Labute approximate surface area is 93.8 Å². The van der Waals surface area contributed by atoms with Gasteiger partial charge >= 0.3 is 6.18 Å². The van der Waals surface area contributed by atoms with Gasteiger partial charge in [0.1, 0.15) is 0 Å². The SMILES string of the molecule is Nc1ccc(Br)c(CNCC(F)(F)F)c1. The molecule has 0 spiro atoms. The zero-order valence-electron chi connectivity index (χ0n) is 7.74. The van der Waals surface area contributed by atoms with Crippen LogP contribution in [0, 0.1) is 0 Å². The molecular weight excluding hydrogens is 273 g/mol. The van der Waals surface area contributed by atoms with Gasteiger partial charge in [0, 0.05) is 16.7 Å². The highest BCUT2D eigenvalue weighted by Gasteiger charge is 2.26. The van der Waals surface area contributed by atoms with E-state index in [0.29, 0.717) is 11.3 Å². The quantitative estimate of drug-likeness (QED) is 0.837.